The smallest absolute Gasteiger partial charge is 0.322 e. The van der Waals surface area contributed by atoms with Crippen molar-refractivity contribution in [2.24, 2.45) is 0 Å². The van der Waals surface area contributed by atoms with E-state index in [0.29, 0.717) is 28.4 Å². The van der Waals surface area contributed by atoms with Crippen molar-refractivity contribution < 1.29 is 23.8 Å². The Balaban J connectivity index is 1.71. The molecule has 1 aromatic carbocycles. The number of carbonyl (C=O) groups excluding carboxylic acids is 1. The van der Waals surface area contributed by atoms with Gasteiger partial charge in [-0.25, -0.2) is 9.37 Å². The molecule has 29 heavy (non-hydrogen) atoms. The van der Waals surface area contributed by atoms with Crippen LogP contribution in [-0.2, 0) is 14.3 Å². The summed E-state index contributed by atoms with van der Waals surface area (Å²) >= 11 is 0. The summed E-state index contributed by atoms with van der Waals surface area (Å²) in [6.45, 7) is 3.53. The van der Waals surface area contributed by atoms with Gasteiger partial charge in [0, 0.05) is 22.9 Å². The normalized spacial score (nSPS) is 19.3. The van der Waals surface area contributed by atoms with Crippen molar-refractivity contribution in [1.82, 2.24) is 4.98 Å². The Morgan fingerprint density at radius 1 is 1.31 bits per heavy atom. The van der Waals surface area contributed by atoms with E-state index in [-0.39, 0.29) is 12.5 Å². The minimum atomic E-state index is -0.977. The van der Waals surface area contributed by atoms with Crippen molar-refractivity contribution >= 4 is 34.5 Å². The summed E-state index contributed by atoms with van der Waals surface area (Å²) in [6, 6.07) is 7.62. The highest BCUT2D eigenvalue weighted by molar-refractivity contribution is 6.32. The second-order valence-electron chi connectivity index (χ2n) is 7.23. The molecule has 3 N–H and O–H groups in total. The molecule has 7 nitrogen and oxygen atoms in total. The predicted molar refractivity (Wildman–Crippen MR) is 105 cm³/mol. The van der Waals surface area contributed by atoms with Crippen molar-refractivity contribution in [2.75, 3.05) is 17.2 Å². The molecule has 2 aliphatic rings. The number of pyridine rings is 1. The van der Waals surface area contributed by atoms with Gasteiger partial charge in [0.2, 0.25) is 0 Å². The largest absolute Gasteiger partial charge is 0.482 e. The van der Waals surface area contributed by atoms with Gasteiger partial charge in [0.1, 0.15) is 29.5 Å². The molecule has 0 saturated carbocycles. The minimum Gasteiger partial charge on any atom is -0.482 e. The van der Waals surface area contributed by atoms with E-state index in [2.05, 4.69) is 15.6 Å². The van der Waals surface area contributed by atoms with Gasteiger partial charge in [0.05, 0.1) is 11.3 Å². The maximum absolute atomic E-state index is 13.5. The van der Waals surface area contributed by atoms with Crippen molar-refractivity contribution in [3.63, 3.8) is 0 Å². The molecule has 148 valence electrons. The van der Waals surface area contributed by atoms with Gasteiger partial charge in [-0.3, -0.25) is 9.59 Å². The molecule has 2 aliphatic heterocycles. The van der Waals surface area contributed by atoms with Gasteiger partial charge in [0.15, 0.2) is 0 Å². The molecule has 0 unspecified atom stereocenters. The molecule has 0 fully saturated rings. The Labute approximate surface area is 165 Å². The van der Waals surface area contributed by atoms with E-state index in [9.17, 15) is 14.0 Å². The molecule has 0 bridgehead atoms. The minimum absolute atomic E-state index is 0.227. The third kappa shape index (κ3) is 3.44. The number of allylic oxidation sites excluding steroid dienone is 1. The van der Waals surface area contributed by atoms with Crippen LogP contribution in [0.1, 0.15) is 25.0 Å². The number of fused-ring (bicyclic) bond motifs is 1. The summed E-state index contributed by atoms with van der Waals surface area (Å²) in [4.78, 5) is 27.4. The second-order valence-corrected chi connectivity index (χ2v) is 7.23. The molecule has 0 saturated heterocycles. The third-order valence-electron chi connectivity index (χ3n) is 4.76. The van der Waals surface area contributed by atoms with Crippen LogP contribution < -0.4 is 10.6 Å². The lowest BCUT2D eigenvalue weighted by Crippen LogP contribution is -2.21. The number of carboxylic acids is 1. The standard InChI is InChI=1S/C21H18FN3O4/c1-21(2)14(11-3-6-17(23-9-11)24-10-18(26)27)8-16(29-21)19-13-5-4-12(22)7-15(13)25-20(19)28/h3-9H,10H2,1-2H3,(H,23,24)(H,25,28)(H,26,27)/b19-16+. The molecule has 0 radical (unpaired) electrons. The number of aromatic nitrogens is 1. The van der Waals surface area contributed by atoms with Crippen LogP contribution >= 0.6 is 0 Å². The summed E-state index contributed by atoms with van der Waals surface area (Å²) in [5.41, 5.74) is 2.24. The number of benzene rings is 1. The molecular weight excluding hydrogens is 377 g/mol. The molecule has 1 amide bonds. The molecule has 1 aromatic heterocycles. The number of carboxylic acid groups (broad SMARTS) is 1. The average molecular weight is 395 g/mol. The van der Waals surface area contributed by atoms with E-state index in [1.54, 1.807) is 30.5 Å². The van der Waals surface area contributed by atoms with Crippen LogP contribution in [0.4, 0.5) is 15.9 Å². The van der Waals surface area contributed by atoms with Crippen LogP contribution in [0.5, 0.6) is 0 Å². The fraction of sp³-hybridized carbons (Fsp3) is 0.190. The highest BCUT2D eigenvalue weighted by atomic mass is 19.1. The first-order valence-electron chi connectivity index (χ1n) is 8.93. The molecule has 8 heteroatoms. The summed E-state index contributed by atoms with van der Waals surface area (Å²) in [7, 11) is 0. The van der Waals surface area contributed by atoms with E-state index in [1.807, 2.05) is 13.8 Å². The van der Waals surface area contributed by atoms with Gasteiger partial charge in [-0.2, -0.15) is 0 Å². The van der Waals surface area contributed by atoms with Gasteiger partial charge in [0.25, 0.3) is 5.91 Å². The van der Waals surface area contributed by atoms with E-state index < -0.39 is 17.4 Å². The van der Waals surface area contributed by atoms with Crippen LogP contribution in [0.2, 0.25) is 0 Å². The van der Waals surface area contributed by atoms with Gasteiger partial charge < -0.3 is 20.5 Å². The van der Waals surface area contributed by atoms with Gasteiger partial charge in [-0.05, 0) is 50.3 Å². The lowest BCUT2D eigenvalue weighted by atomic mass is 9.93. The number of halogens is 1. The van der Waals surface area contributed by atoms with E-state index in [0.717, 1.165) is 11.1 Å². The van der Waals surface area contributed by atoms with Crippen LogP contribution in [-0.4, -0.2) is 34.1 Å². The Morgan fingerprint density at radius 3 is 2.79 bits per heavy atom. The number of nitrogens with one attached hydrogen (secondary N) is 2. The van der Waals surface area contributed by atoms with E-state index in [1.165, 1.54) is 12.1 Å². The Morgan fingerprint density at radius 2 is 2.10 bits per heavy atom. The average Bonchev–Trinajstić information content (AvgIpc) is 3.14. The quantitative estimate of drug-likeness (QED) is 0.687. The number of aliphatic carboxylic acids is 1. The first-order valence-corrected chi connectivity index (χ1v) is 8.93. The van der Waals surface area contributed by atoms with Crippen molar-refractivity contribution in [2.45, 2.75) is 19.4 Å². The Hall–Kier alpha value is -3.68. The number of hydrogen-bond acceptors (Lipinski definition) is 5. The Bertz CT molecular complexity index is 1090. The number of nitrogens with zero attached hydrogens (tertiary/aromatic N) is 1. The number of hydrogen-bond donors (Lipinski definition) is 3. The molecular formula is C21H18FN3O4. The highest BCUT2D eigenvalue weighted by Crippen LogP contribution is 2.44. The fourth-order valence-electron chi connectivity index (χ4n) is 3.43. The molecule has 0 spiro atoms. The lowest BCUT2D eigenvalue weighted by Gasteiger charge is -2.23. The van der Waals surface area contributed by atoms with E-state index in [4.69, 9.17) is 9.84 Å². The molecule has 2 aromatic rings. The molecule has 3 heterocycles. The second kappa shape index (κ2) is 6.73. The number of anilines is 2. The number of rotatable bonds is 4. The number of carbonyl (C=O) groups is 2. The number of amides is 1. The fourth-order valence-corrected chi connectivity index (χ4v) is 3.43. The van der Waals surface area contributed by atoms with Crippen molar-refractivity contribution in [1.29, 1.82) is 0 Å². The zero-order valence-corrected chi connectivity index (χ0v) is 15.7. The predicted octanol–water partition coefficient (Wildman–Crippen LogP) is 3.27. The maximum Gasteiger partial charge on any atom is 0.322 e. The first-order chi connectivity index (χ1) is 13.7. The highest BCUT2D eigenvalue weighted by Gasteiger charge is 2.38. The van der Waals surface area contributed by atoms with Gasteiger partial charge >= 0.3 is 5.97 Å². The Kier molecular flexibility index (Phi) is 4.34. The summed E-state index contributed by atoms with van der Waals surface area (Å²) in [5.74, 6) is -0.906. The first kappa shape index (κ1) is 18.7. The lowest BCUT2D eigenvalue weighted by molar-refractivity contribution is -0.135. The SMILES string of the molecule is CC1(C)O/C(=C2/C(=O)Nc3cc(F)ccc32)C=C1c1ccc(NCC(=O)O)nc1. The molecule has 0 aliphatic carbocycles. The summed E-state index contributed by atoms with van der Waals surface area (Å²) in [5, 5.41) is 14.1. The number of ether oxygens (including phenoxy) is 1. The monoisotopic (exact) mass is 395 g/mol. The van der Waals surface area contributed by atoms with E-state index >= 15 is 0 Å². The van der Waals surface area contributed by atoms with Crippen LogP contribution in [0.25, 0.3) is 11.1 Å². The summed E-state index contributed by atoms with van der Waals surface area (Å²) < 4.78 is 19.6. The van der Waals surface area contributed by atoms with Crippen LogP contribution in [0.3, 0.4) is 0 Å². The third-order valence-corrected chi connectivity index (χ3v) is 4.76. The molecule has 0 atom stereocenters. The summed E-state index contributed by atoms with van der Waals surface area (Å²) in [6.07, 6.45) is 3.40. The molecule has 4 rings (SSSR count). The maximum atomic E-state index is 13.5. The topological polar surface area (TPSA) is 101 Å². The van der Waals surface area contributed by atoms with Gasteiger partial charge in [-0.15, -0.1) is 0 Å². The zero-order valence-electron chi connectivity index (χ0n) is 15.7. The van der Waals surface area contributed by atoms with Crippen molar-refractivity contribution in [3.05, 3.63) is 65.3 Å². The zero-order chi connectivity index (χ0) is 20.8. The van der Waals surface area contributed by atoms with Gasteiger partial charge in [-0.1, -0.05) is 0 Å². The van der Waals surface area contributed by atoms with Crippen molar-refractivity contribution in [3.8, 4) is 0 Å². The van der Waals surface area contributed by atoms with Crippen LogP contribution in [0, 0.1) is 5.82 Å². The van der Waals surface area contributed by atoms with Crippen LogP contribution in [0.15, 0.2) is 48.4 Å².